The van der Waals surface area contributed by atoms with Crippen LogP contribution in [0.15, 0.2) is 36.7 Å². The summed E-state index contributed by atoms with van der Waals surface area (Å²) in [5.74, 6) is 3.25. The largest absolute Gasteiger partial charge is 0.356 e. The van der Waals surface area contributed by atoms with Gasteiger partial charge < -0.3 is 14.7 Å². The highest BCUT2D eigenvalue weighted by molar-refractivity contribution is 7.13. The van der Waals surface area contributed by atoms with Crippen LogP contribution < -0.4 is 14.7 Å². The van der Waals surface area contributed by atoms with E-state index in [-0.39, 0.29) is 0 Å². The number of anilines is 3. The van der Waals surface area contributed by atoms with Crippen molar-refractivity contribution in [3.8, 4) is 0 Å². The Morgan fingerprint density at radius 1 is 0.769 bits per heavy atom. The molecule has 0 N–H and O–H groups in total. The van der Waals surface area contributed by atoms with Crippen LogP contribution in [0.25, 0.3) is 10.1 Å². The molecule has 0 amide bonds. The highest BCUT2D eigenvalue weighted by atomic mass is 32.1. The maximum Gasteiger partial charge on any atom is 0.150 e. The van der Waals surface area contributed by atoms with Crippen LogP contribution >= 0.6 is 11.5 Å². The van der Waals surface area contributed by atoms with Gasteiger partial charge in [-0.15, -0.1) is 0 Å². The summed E-state index contributed by atoms with van der Waals surface area (Å²) in [6.07, 6.45) is 4.24. The number of rotatable bonds is 3. The van der Waals surface area contributed by atoms with Crippen LogP contribution in [0.1, 0.15) is 12.8 Å². The van der Waals surface area contributed by atoms with Crippen LogP contribution in [-0.2, 0) is 0 Å². The molecule has 0 radical (unpaired) electrons. The number of nitrogens with zero attached hydrogens (tertiary/aromatic N) is 6. The van der Waals surface area contributed by atoms with Crippen LogP contribution in [0, 0.1) is 0 Å². The van der Waals surface area contributed by atoms with Gasteiger partial charge in [-0.2, -0.15) is 4.37 Å². The van der Waals surface area contributed by atoms with E-state index in [4.69, 9.17) is 4.37 Å². The molecule has 0 unspecified atom stereocenters. The molecule has 26 heavy (non-hydrogen) atoms. The summed E-state index contributed by atoms with van der Waals surface area (Å²) in [6, 6.07) is 10.6. The second-order valence-corrected chi connectivity index (χ2v) is 7.71. The number of fused-ring (bicyclic) bond motifs is 1. The smallest absolute Gasteiger partial charge is 0.150 e. The minimum Gasteiger partial charge on any atom is -0.356 e. The third-order valence-corrected chi connectivity index (χ3v) is 6.15. The molecule has 134 valence electrons. The van der Waals surface area contributed by atoms with E-state index in [0.717, 1.165) is 56.7 Å². The Kier molecular flexibility index (Phi) is 4.09. The minimum atomic E-state index is 0.961. The van der Waals surface area contributed by atoms with Crippen LogP contribution in [0.5, 0.6) is 0 Å². The van der Waals surface area contributed by atoms with Gasteiger partial charge in [0, 0.05) is 50.7 Å². The average Bonchev–Trinajstić information content (AvgIpc) is 3.38. The third kappa shape index (κ3) is 2.86. The zero-order valence-electron chi connectivity index (χ0n) is 14.7. The Hall–Kier alpha value is -2.41. The predicted octanol–water partition coefficient (Wildman–Crippen LogP) is 3.01. The van der Waals surface area contributed by atoms with E-state index in [1.165, 1.54) is 22.9 Å². The van der Waals surface area contributed by atoms with Gasteiger partial charge in [0.2, 0.25) is 0 Å². The van der Waals surface area contributed by atoms with E-state index >= 15 is 0 Å². The van der Waals surface area contributed by atoms with E-state index in [0.29, 0.717) is 0 Å². The van der Waals surface area contributed by atoms with Crippen LogP contribution in [0.2, 0.25) is 0 Å². The maximum absolute atomic E-state index is 4.70. The third-order valence-electron chi connectivity index (χ3n) is 5.33. The van der Waals surface area contributed by atoms with Gasteiger partial charge in [0.1, 0.15) is 23.8 Å². The predicted molar refractivity (Wildman–Crippen MR) is 108 cm³/mol. The summed E-state index contributed by atoms with van der Waals surface area (Å²) in [6.45, 7) is 6.08. The summed E-state index contributed by atoms with van der Waals surface area (Å²) < 4.78 is 5.96. The molecule has 6 nitrogen and oxygen atoms in total. The van der Waals surface area contributed by atoms with Gasteiger partial charge >= 0.3 is 0 Å². The summed E-state index contributed by atoms with van der Waals surface area (Å²) in [7, 11) is 0. The molecule has 5 rings (SSSR count). The molecule has 2 fully saturated rings. The Morgan fingerprint density at radius 3 is 2.19 bits per heavy atom. The quantitative estimate of drug-likeness (QED) is 0.710. The maximum atomic E-state index is 4.70. The number of benzene rings is 1. The second kappa shape index (κ2) is 6.72. The molecular weight excluding hydrogens is 344 g/mol. The van der Waals surface area contributed by atoms with E-state index < -0.39 is 0 Å². The highest BCUT2D eigenvalue weighted by Gasteiger charge is 2.22. The van der Waals surface area contributed by atoms with Gasteiger partial charge in [0.05, 0.1) is 4.70 Å². The summed E-state index contributed by atoms with van der Waals surface area (Å²) in [5.41, 5.74) is 0. The van der Waals surface area contributed by atoms with Crippen molar-refractivity contribution in [2.45, 2.75) is 12.8 Å². The molecule has 0 saturated carbocycles. The van der Waals surface area contributed by atoms with Crippen molar-refractivity contribution in [3.05, 3.63) is 36.7 Å². The van der Waals surface area contributed by atoms with Gasteiger partial charge in [-0.25, -0.2) is 9.97 Å². The van der Waals surface area contributed by atoms with E-state index in [2.05, 4.69) is 55.0 Å². The summed E-state index contributed by atoms with van der Waals surface area (Å²) in [5, 5.41) is 1.27. The van der Waals surface area contributed by atoms with E-state index in [9.17, 15) is 0 Å². The molecule has 0 spiro atoms. The van der Waals surface area contributed by atoms with Crippen molar-refractivity contribution in [2.75, 3.05) is 54.0 Å². The van der Waals surface area contributed by atoms with Crippen molar-refractivity contribution in [1.29, 1.82) is 0 Å². The van der Waals surface area contributed by atoms with Crippen LogP contribution in [0.4, 0.5) is 17.5 Å². The van der Waals surface area contributed by atoms with Gasteiger partial charge in [0.15, 0.2) is 0 Å². The fourth-order valence-electron chi connectivity index (χ4n) is 3.88. The van der Waals surface area contributed by atoms with Gasteiger partial charge in [0.25, 0.3) is 0 Å². The Morgan fingerprint density at radius 2 is 1.42 bits per heavy atom. The number of piperazine rings is 1. The summed E-state index contributed by atoms with van der Waals surface area (Å²) in [4.78, 5) is 16.1. The highest BCUT2D eigenvalue weighted by Crippen LogP contribution is 2.30. The van der Waals surface area contributed by atoms with Crippen molar-refractivity contribution in [1.82, 2.24) is 14.3 Å². The lowest BCUT2D eigenvalue weighted by atomic mass is 10.2. The zero-order chi connectivity index (χ0) is 17.3. The molecule has 2 saturated heterocycles. The number of hydrogen-bond donors (Lipinski definition) is 0. The molecular formula is C19H22N6S. The lowest BCUT2D eigenvalue weighted by Crippen LogP contribution is -2.47. The van der Waals surface area contributed by atoms with Gasteiger partial charge in [-0.3, -0.25) is 0 Å². The zero-order valence-corrected chi connectivity index (χ0v) is 15.5. The Bertz CT molecular complexity index is 896. The van der Waals surface area contributed by atoms with Gasteiger partial charge in [-0.05, 0) is 36.5 Å². The topological polar surface area (TPSA) is 48.4 Å². The first-order chi connectivity index (χ1) is 12.9. The van der Waals surface area contributed by atoms with E-state index in [1.54, 1.807) is 17.9 Å². The fraction of sp³-hybridized carbons (Fsp3) is 0.421. The van der Waals surface area contributed by atoms with Crippen molar-refractivity contribution >= 4 is 39.1 Å². The molecule has 2 aliphatic heterocycles. The molecule has 0 atom stereocenters. The average molecular weight is 366 g/mol. The molecule has 0 bridgehead atoms. The SMILES string of the molecule is c1ccc2c(N3CCN(c4cc(N5CCCC5)ncn4)CC3)nsc2c1. The van der Waals surface area contributed by atoms with E-state index in [1.807, 2.05) is 0 Å². The lowest BCUT2D eigenvalue weighted by Gasteiger charge is -2.36. The Labute approximate surface area is 157 Å². The van der Waals surface area contributed by atoms with Crippen molar-refractivity contribution < 1.29 is 0 Å². The summed E-state index contributed by atoms with van der Waals surface area (Å²) >= 11 is 1.59. The molecule has 4 heterocycles. The molecule has 1 aromatic carbocycles. The van der Waals surface area contributed by atoms with Crippen molar-refractivity contribution in [3.63, 3.8) is 0 Å². The first-order valence-electron chi connectivity index (χ1n) is 9.30. The van der Waals surface area contributed by atoms with Gasteiger partial charge in [-0.1, -0.05) is 12.1 Å². The first kappa shape index (κ1) is 15.8. The molecule has 0 aliphatic carbocycles. The molecule has 2 aromatic heterocycles. The normalized spacial score (nSPS) is 18.1. The Balaban J connectivity index is 1.30. The van der Waals surface area contributed by atoms with Crippen molar-refractivity contribution in [2.24, 2.45) is 0 Å². The second-order valence-electron chi connectivity index (χ2n) is 6.90. The first-order valence-corrected chi connectivity index (χ1v) is 10.1. The monoisotopic (exact) mass is 366 g/mol. The number of hydrogen-bond acceptors (Lipinski definition) is 7. The minimum absolute atomic E-state index is 0.961. The fourth-order valence-corrected chi connectivity index (χ4v) is 4.67. The standard InChI is InChI=1S/C19H22N6S/c1-2-6-16-15(5-1)19(22-26-16)25-11-9-24(10-12-25)18-13-17(20-14-21-18)23-7-3-4-8-23/h1-2,5-6,13-14H,3-4,7-12H2. The molecule has 2 aliphatic rings. The molecule has 7 heteroatoms. The van der Waals surface area contributed by atoms with Crippen LogP contribution in [-0.4, -0.2) is 53.6 Å². The number of aromatic nitrogens is 3. The van der Waals surface area contributed by atoms with Crippen LogP contribution in [0.3, 0.4) is 0 Å². The molecule has 3 aromatic rings. The lowest BCUT2D eigenvalue weighted by molar-refractivity contribution is 0.644.